The molecule has 2 N–H and O–H groups in total. The van der Waals surface area contributed by atoms with Gasteiger partial charge < -0.3 is 5.32 Å². The van der Waals surface area contributed by atoms with Crippen LogP contribution in [0.4, 0.5) is 4.79 Å². The van der Waals surface area contributed by atoms with Gasteiger partial charge in [0.15, 0.2) is 0 Å². The molecule has 2 amide bonds. The first-order valence-corrected chi connectivity index (χ1v) is 5.93. The van der Waals surface area contributed by atoms with E-state index in [0.29, 0.717) is 5.92 Å². The Kier molecular flexibility index (Phi) is 3.98. The standard InChI is InChI=1S/C13H18N2O2/c1-17-15-13(16)14-12(11-7-8-11)9-10-5-3-2-4-6-10/h2-6,11-12H,7-9H2,1H3,(H2,14,15,16)/t12-/m1/s1. The molecule has 0 unspecified atom stereocenters. The van der Waals surface area contributed by atoms with Crippen LogP contribution in [0.3, 0.4) is 0 Å². The zero-order valence-corrected chi connectivity index (χ0v) is 9.98. The van der Waals surface area contributed by atoms with Gasteiger partial charge in [-0.1, -0.05) is 30.3 Å². The zero-order valence-electron chi connectivity index (χ0n) is 9.98. The first kappa shape index (κ1) is 11.9. The molecule has 1 aliphatic rings. The molecule has 1 fully saturated rings. The molecule has 0 aromatic heterocycles. The Bertz CT molecular complexity index is 363. The smallest absolute Gasteiger partial charge is 0.333 e. The van der Waals surface area contributed by atoms with E-state index in [1.807, 2.05) is 18.2 Å². The van der Waals surface area contributed by atoms with Crippen molar-refractivity contribution in [3.05, 3.63) is 35.9 Å². The highest BCUT2D eigenvalue weighted by Gasteiger charge is 2.32. The largest absolute Gasteiger partial charge is 0.338 e. The Morgan fingerprint density at radius 2 is 2.12 bits per heavy atom. The molecule has 4 heteroatoms. The summed E-state index contributed by atoms with van der Waals surface area (Å²) in [6.45, 7) is 0. The molecule has 1 aromatic carbocycles. The van der Waals surface area contributed by atoms with Crippen LogP contribution in [0.5, 0.6) is 0 Å². The number of carbonyl (C=O) groups excluding carboxylic acids is 1. The summed E-state index contributed by atoms with van der Waals surface area (Å²) >= 11 is 0. The lowest BCUT2D eigenvalue weighted by atomic mass is 10.0. The predicted octanol–water partition coefficient (Wildman–Crippen LogP) is 1.87. The number of hydrogen-bond acceptors (Lipinski definition) is 2. The van der Waals surface area contributed by atoms with Crippen LogP contribution in [0.1, 0.15) is 18.4 Å². The summed E-state index contributed by atoms with van der Waals surface area (Å²) < 4.78 is 0. The van der Waals surface area contributed by atoms with Gasteiger partial charge in [-0.05, 0) is 30.7 Å². The number of benzene rings is 1. The number of hydroxylamine groups is 1. The second-order valence-corrected chi connectivity index (χ2v) is 4.41. The highest BCUT2D eigenvalue weighted by atomic mass is 16.6. The molecule has 0 aliphatic heterocycles. The third kappa shape index (κ3) is 3.75. The van der Waals surface area contributed by atoms with Gasteiger partial charge in [0.2, 0.25) is 0 Å². The molecule has 92 valence electrons. The van der Waals surface area contributed by atoms with Gasteiger partial charge in [0.1, 0.15) is 0 Å². The second-order valence-electron chi connectivity index (χ2n) is 4.41. The monoisotopic (exact) mass is 234 g/mol. The molecule has 4 nitrogen and oxygen atoms in total. The van der Waals surface area contributed by atoms with Crippen molar-refractivity contribution in [2.24, 2.45) is 5.92 Å². The zero-order chi connectivity index (χ0) is 12.1. The fourth-order valence-corrected chi connectivity index (χ4v) is 1.99. The fraction of sp³-hybridized carbons (Fsp3) is 0.462. The van der Waals surface area contributed by atoms with Crippen LogP contribution < -0.4 is 10.8 Å². The molecule has 0 radical (unpaired) electrons. The average molecular weight is 234 g/mol. The van der Waals surface area contributed by atoms with Crippen LogP contribution in [0, 0.1) is 5.92 Å². The number of carbonyl (C=O) groups is 1. The van der Waals surface area contributed by atoms with Crippen LogP contribution in [0.15, 0.2) is 30.3 Å². The van der Waals surface area contributed by atoms with Crippen molar-refractivity contribution in [3.8, 4) is 0 Å². The average Bonchev–Trinajstić information content (AvgIpc) is 3.14. The van der Waals surface area contributed by atoms with Crippen molar-refractivity contribution in [3.63, 3.8) is 0 Å². The molecular weight excluding hydrogens is 216 g/mol. The van der Waals surface area contributed by atoms with Crippen LogP contribution in [-0.4, -0.2) is 19.2 Å². The summed E-state index contributed by atoms with van der Waals surface area (Å²) in [5.41, 5.74) is 3.55. The molecule has 0 spiro atoms. The number of urea groups is 1. The Balaban J connectivity index is 1.91. The van der Waals surface area contributed by atoms with Crippen molar-refractivity contribution in [2.75, 3.05) is 7.11 Å². The minimum atomic E-state index is -0.264. The van der Waals surface area contributed by atoms with E-state index in [2.05, 4.69) is 27.8 Å². The van der Waals surface area contributed by atoms with Crippen LogP contribution >= 0.6 is 0 Å². The van der Waals surface area contributed by atoms with E-state index in [4.69, 9.17) is 0 Å². The van der Waals surface area contributed by atoms with E-state index < -0.39 is 0 Å². The highest BCUT2D eigenvalue weighted by Crippen LogP contribution is 2.34. The van der Waals surface area contributed by atoms with E-state index >= 15 is 0 Å². The fourth-order valence-electron chi connectivity index (χ4n) is 1.99. The first-order chi connectivity index (χ1) is 8.29. The summed E-state index contributed by atoms with van der Waals surface area (Å²) in [5.74, 6) is 0.609. The molecule has 0 saturated heterocycles. The Morgan fingerprint density at radius 1 is 1.41 bits per heavy atom. The molecule has 1 atom stereocenters. The van der Waals surface area contributed by atoms with Gasteiger partial charge >= 0.3 is 6.03 Å². The summed E-state index contributed by atoms with van der Waals surface area (Å²) in [4.78, 5) is 16.0. The summed E-state index contributed by atoms with van der Waals surface area (Å²) in [5, 5.41) is 2.95. The predicted molar refractivity (Wildman–Crippen MR) is 65.3 cm³/mol. The molecule has 17 heavy (non-hydrogen) atoms. The molecule has 0 bridgehead atoms. The quantitative estimate of drug-likeness (QED) is 0.764. The van der Waals surface area contributed by atoms with E-state index in [1.165, 1.54) is 25.5 Å². The van der Waals surface area contributed by atoms with Crippen LogP contribution in [0.2, 0.25) is 0 Å². The van der Waals surface area contributed by atoms with Crippen molar-refractivity contribution < 1.29 is 9.63 Å². The minimum Gasteiger partial charge on any atom is -0.333 e. The number of nitrogens with one attached hydrogen (secondary N) is 2. The van der Waals surface area contributed by atoms with Gasteiger partial charge in [-0.3, -0.25) is 4.84 Å². The lowest BCUT2D eigenvalue weighted by Crippen LogP contribution is -2.43. The van der Waals surface area contributed by atoms with Gasteiger partial charge in [-0.15, -0.1) is 0 Å². The Hall–Kier alpha value is -1.55. The minimum absolute atomic E-state index is 0.201. The lowest BCUT2D eigenvalue weighted by molar-refractivity contribution is 0.105. The highest BCUT2D eigenvalue weighted by molar-refractivity contribution is 5.73. The lowest BCUT2D eigenvalue weighted by Gasteiger charge is -2.18. The summed E-state index contributed by atoms with van der Waals surface area (Å²) in [6, 6.07) is 10.2. The number of hydrogen-bond donors (Lipinski definition) is 2. The first-order valence-electron chi connectivity index (χ1n) is 5.93. The summed E-state index contributed by atoms with van der Waals surface area (Å²) in [6.07, 6.45) is 3.28. The van der Waals surface area contributed by atoms with E-state index in [1.54, 1.807) is 0 Å². The van der Waals surface area contributed by atoms with Crippen molar-refractivity contribution in [1.29, 1.82) is 0 Å². The molecule has 1 aliphatic carbocycles. The van der Waals surface area contributed by atoms with Gasteiger partial charge in [-0.25, -0.2) is 10.3 Å². The molecule has 2 rings (SSSR count). The maximum atomic E-state index is 11.4. The number of rotatable bonds is 5. The van der Waals surface area contributed by atoms with Crippen LogP contribution in [-0.2, 0) is 11.3 Å². The maximum Gasteiger partial charge on any atom is 0.338 e. The Morgan fingerprint density at radius 3 is 2.71 bits per heavy atom. The SMILES string of the molecule is CONC(=O)N[C@H](Cc1ccccc1)C1CC1. The van der Waals surface area contributed by atoms with Gasteiger partial charge in [0.25, 0.3) is 0 Å². The normalized spacial score (nSPS) is 16.3. The second kappa shape index (κ2) is 5.68. The van der Waals surface area contributed by atoms with Crippen molar-refractivity contribution in [2.45, 2.75) is 25.3 Å². The molecule has 0 heterocycles. The van der Waals surface area contributed by atoms with Gasteiger partial charge in [0, 0.05) is 6.04 Å². The third-order valence-electron chi connectivity index (χ3n) is 3.00. The number of amides is 2. The van der Waals surface area contributed by atoms with E-state index in [9.17, 15) is 4.79 Å². The van der Waals surface area contributed by atoms with Crippen molar-refractivity contribution >= 4 is 6.03 Å². The van der Waals surface area contributed by atoms with Gasteiger partial charge in [-0.2, -0.15) is 0 Å². The van der Waals surface area contributed by atoms with Crippen molar-refractivity contribution in [1.82, 2.24) is 10.8 Å². The third-order valence-corrected chi connectivity index (χ3v) is 3.00. The Labute approximate surface area is 101 Å². The topological polar surface area (TPSA) is 50.4 Å². The van der Waals surface area contributed by atoms with E-state index in [0.717, 1.165) is 6.42 Å². The van der Waals surface area contributed by atoms with Gasteiger partial charge in [0.05, 0.1) is 7.11 Å². The maximum absolute atomic E-state index is 11.4. The molecule has 1 aromatic rings. The van der Waals surface area contributed by atoms with Crippen LogP contribution in [0.25, 0.3) is 0 Å². The molecular formula is C13H18N2O2. The summed E-state index contributed by atoms with van der Waals surface area (Å²) in [7, 11) is 1.43. The van der Waals surface area contributed by atoms with E-state index in [-0.39, 0.29) is 12.1 Å². The molecule has 1 saturated carbocycles.